The van der Waals surface area contributed by atoms with Gasteiger partial charge in [0.2, 0.25) is 0 Å². The number of nitrogens with one attached hydrogen (secondary N) is 1. The summed E-state index contributed by atoms with van der Waals surface area (Å²) < 4.78 is 26.5. The molecule has 0 radical (unpaired) electrons. The first-order valence-electron chi connectivity index (χ1n) is 6.92. The molecule has 0 atom stereocenters. The van der Waals surface area contributed by atoms with Gasteiger partial charge in [-0.1, -0.05) is 0 Å². The first-order chi connectivity index (χ1) is 9.19. The summed E-state index contributed by atoms with van der Waals surface area (Å²) in [4.78, 5) is 6.33. The molecule has 122 valence electrons. The highest BCUT2D eigenvalue weighted by atomic mass is 35.5. The summed E-state index contributed by atoms with van der Waals surface area (Å²) in [6.45, 7) is 2.22. The highest BCUT2D eigenvalue weighted by Gasteiger charge is 2.39. The average molecular weight is 343 g/mol. The molecule has 2 saturated heterocycles. The fraction of sp³-hybridized carbons (Fsp3) is 0.769. The molecule has 0 unspecified atom stereocenters. The van der Waals surface area contributed by atoms with E-state index in [1.807, 2.05) is 0 Å². The van der Waals surface area contributed by atoms with Crippen LogP contribution in [0.5, 0.6) is 0 Å². The van der Waals surface area contributed by atoms with Crippen LogP contribution in [-0.2, 0) is 6.54 Å². The number of halogens is 4. The molecule has 21 heavy (non-hydrogen) atoms. The normalized spacial score (nSPS) is 21.3. The Balaban J connectivity index is 0.00000110. The van der Waals surface area contributed by atoms with Crippen LogP contribution in [0.25, 0.3) is 0 Å². The van der Waals surface area contributed by atoms with Gasteiger partial charge in [-0.2, -0.15) is 8.78 Å². The zero-order valence-electron chi connectivity index (χ0n) is 11.8. The van der Waals surface area contributed by atoms with Crippen molar-refractivity contribution in [3.8, 4) is 0 Å². The van der Waals surface area contributed by atoms with Gasteiger partial charge in [-0.3, -0.25) is 9.47 Å². The standard InChI is InChI=1S/C13H20F2N4.2ClH/c14-12(15)19-8-6-17-11(19)9-18-7-3-13(10-18)1-4-16-5-2-13;;/h6,8,12,16H,1-5,7,9-10H2;2*1H. The third-order valence-electron chi connectivity index (χ3n) is 4.51. The summed E-state index contributed by atoms with van der Waals surface area (Å²) in [5, 5.41) is 3.39. The second-order valence-electron chi connectivity index (χ2n) is 5.74. The van der Waals surface area contributed by atoms with E-state index in [1.165, 1.54) is 31.7 Å². The van der Waals surface area contributed by atoms with Gasteiger partial charge in [0.25, 0.3) is 0 Å². The molecule has 0 aliphatic carbocycles. The minimum atomic E-state index is -2.49. The average Bonchev–Trinajstić information content (AvgIpc) is 2.99. The zero-order valence-corrected chi connectivity index (χ0v) is 13.4. The smallest absolute Gasteiger partial charge is 0.317 e. The molecule has 1 aromatic heterocycles. The summed E-state index contributed by atoms with van der Waals surface area (Å²) in [5.74, 6) is 0.473. The molecule has 0 aromatic carbocycles. The van der Waals surface area contributed by atoms with Crippen LogP contribution in [0.4, 0.5) is 8.78 Å². The molecule has 2 fully saturated rings. The molecule has 1 N–H and O–H groups in total. The Labute approximate surface area is 136 Å². The summed E-state index contributed by atoms with van der Waals surface area (Å²) in [5.41, 5.74) is 0.410. The van der Waals surface area contributed by atoms with E-state index >= 15 is 0 Å². The van der Waals surface area contributed by atoms with E-state index in [9.17, 15) is 8.78 Å². The minimum absolute atomic E-state index is 0. The van der Waals surface area contributed by atoms with Crippen molar-refractivity contribution in [2.45, 2.75) is 32.4 Å². The number of rotatable bonds is 3. The van der Waals surface area contributed by atoms with Crippen molar-refractivity contribution in [3.05, 3.63) is 18.2 Å². The maximum absolute atomic E-state index is 12.8. The lowest BCUT2D eigenvalue weighted by molar-refractivity contribution is 0.0640. The van der Waals surface area contributed by atoms with Crippen molar-refractivity contribution in [2.24, 2.45) is 5.41 Å². The molecular weight excluding hydrogens is 321 g/mol. The third-order valence-corrected chi connectivity index (χ3v) is 4.51. The van der Waals surface area contributed by atoms with Crippen molar-refractivity contribution in [1.29, 1.82) is 0 Å². The van der Waals surface area contributed by atoms with Crippen LogP contribution in [0.2, 0.25) is 0 Å². The van der Waals surface area contributed by atoms with E-state index in [0.29, 0.717) is 17.8 Å². The van der Waals surface area contributed by atoms with Gasteiger partial charge < -0.3 is 5.32 Å². The van der Waals surface area contributed by atoms with Crippen molar-refractivity contribution in [1.82, 2.24) is 19.8 Å². The highest BCUT2D eigenvalue weighted by molar-refractivity contribution is 5.85. The zero-order chi connectivity index (χ0) is 13.3. The van der Waals surface area contributed by atoms with E-state index in [4.69, 9.17) is 0 Å². The van der Waals surface area contributed by atoms with Crippen molar-refractivity contribution < 1.29 is 8.78 Å². The fourth-order valence-electron chi connectivity index (χ4n) is 3.37. The van der Waals surface area contributed by atoms with Gasteiger partial charge in [0.1, 0.15) is 5.82 Å². The highest BCUT2D eigenvalue weighted by Crippen LogP contribution is 2.38. The van der Waals surface area contributed by atoms with Gasteiger partial charge >= 0.3 is 6.55 Å². The van der Waals surface area contributed by atoms with Crippen LogP contribution in [0.15, 0.2) is 12.4 Å². The molecule has 0 saturated carbocycles. The lowest BCUT2D eigenvalue weighted by atomic mass is 9.78. The summed E-state index contributed by atoms with van der Waals surface area (Å²) in [6, 6.07) is 0. The van der Waals surface area contributed by atoms with E-state index in [2.05, 4.69) is 15.2 Å². The van der Waals surface area contributed by atoms with E-state index in [0.717, 1.165) is 30.7 Å². The van der Waals surface area contributed by atoms with E-state index < -0.39 is 6.55 Å². The van der Waals surface area contributed by atoms with Crippen LogP contribution in [0.1, 0.15) is 31.6 Å². The summed E-state index contributed by atoms with van der Waals surface area (Å²) in [7, 11) is 0. The Kier molecular flexibility index (Phi) is 6.84. The van der Waals surface area contributed by atoms with Crippen LogP contribution in [-0.4, -0.2) is 40.6 Å². The van der Waals surface area contributed by atoms with E-state index in [-0.39, 0.29) is 24.8 Å². The number of hydrogen-bond donors (Lipinski definition) is 1. The molecular formula is C13H22Cl2F2N4. The van der Waals surface area contributed by atoms with Gasteiger partial charge in [-0.15, -0.1) is 24.8 Å². The topological polar surface area (TPSA) is 33.1 Å². The number of imidazole rings is 1. The Morgan fingerprint density at radius 1 is 1.24 bits per heavy atom. The number of aromatic nitrogens is 2. The lowest BCUT2D eigenvalue weighted by Crippen LogP contribution is -2.38. The first kappa shape index (κ1) is 18.6. The van der Waals surface area contributed by atoms with Gasteiger partial charge in [0.15, 0.2) is 0 Å². The fourth-order valence-corrected chi connectivity index (χ4v) is 3.37. The maximum atomic E-state index is 12.8. The van der Waals surface area contributed by atoms with Crippen LogP contribution in [0, 0.1) is 5.41 Å². The summed E-state index contributed by atoms with van der Waals surface area (Å²) in [6.07, 6.45) is 6.40. The Hall–Kier alpha value is -0.430. The number of hydrogen-bond acceptors (Lipinski definition) is 3. The summed E-state index contributed by atoms with van der Waals surface area (Å²) >= 11 is 0. The van der Waals surface area contributed by atoms with Crippen molar-refractivity contribution >= 4 is 24.8 Å². The van der Waals surface area contributed by atoms with Crippen molar-refractivity contribution in [3.63, 3.8) is 0 Å². The SMILES string of the molecule is Cl.Cl.FC(F)n1ccnc1CN1CCC2(CCNCC2)C1. The lowest BCUT2D eigenvalue weighted by Gasteiger charge is -2.33. The van der Waals surface area contributed by atoms with Gasteiger partial charge in [0.05, 0.1) is 6.54 Å². The Morgan fingerprint density at radius 2 is 1.95 bits per heavy atom. The number of alkyl halides is 2. The van der Waals surface area contributed by atoms with Crippen molar-refractivity contribution in [2.75, 3.05) is 26.2 Å². The minimum Gasteiger partial charge on any atom is -0.317 e. The molecule has 3 rings (SSSR count). The quantitative estimate of drug-likeness (QED) is 0.916. The predicted octanol–water partition coefficient (Wildman–Crippen LogP) is 2.70. The molecule has 4 nitrogen and oxygen atoms in total. The third kappa shape index (κ3) is 4.06. The van der Waals surface area contributed by atoms with Gasteiger partial charge in [-0.05, 0) is 44.3 Å². The van der Waals surface area contributed by atoms with Crippen LogP contribution < -0.4 is 5.32 Å². The Morgan fingerprint density at radius 3 is 2.62 bits per heavy atom. The molecule has 2 aliphatic rings. The second kappa shape index (κ2) is 7.72. The number of nitrogens with zero attached hydrogens (tertiary/aromatic N) is 3. The molecule has 1 spiro atoms. The Bertz CT molecular complexity index is 436. The molecule has 2 aliphatic heterocycles. The first-order valence-corrected chi connectivity index (χ1v) is 6.92. The number of likely N-dealkylation sites (tertiary alicyclic amines) is 1. The molecule has 8 heteroatoms. The molecule has 3 heterocycles. The van der Waals surface area contributed by atoms with E-state index in [1.54, 1.807) is 0 Å². The monoisotopic (exact) mass is 342 g/mol. The van der Waals surface area contributed by atoms with Gasteiger partial charge in [-0.25, -0.2) is 4.98 Å². The molecule has 1 aromatic rings. The molecule has 0 bridgehead atoms. The maximum Gasteiger partial charge on any atom is 0.319 e. The number of piperidine rings is 1. The predicted molar refractivity (Wildman–Crippen MR) is 82.4 cm³/mol. The largest absolute Gasteiger partial charge is 0.319 e. The second-order valence-corrected chi connectivity index (χ2v) is 5.74. The van der Waals surface area contributed by atoms with Crippen LogP contribution >= 0.6 is 24.8 Å². The van der Waals surface area contributed by atoms with Crippen LogP contribution in [0.3, 0.4) is 0 Å². The van der Waals surface area contributed by atoms with Gasteiger partial charge in [0, 0.05) is 18.9 Å². The molecule has 0 amide bonds.